The minimum absolute atomic E-state index is 0.174. The molecule has 17 heavy (non-hydrogen) atoms. The fraction of sp³-hybridized carbons (Fsp3) is 0.929. The highest BCUT2D eigenvalue weighted by atomic mass is 16.1. The molecule has 0 bridgehead atoms. The first kappa shape index (κ1) is 16.4. The molecule has 0 heterocycles. The van der Waals surface area contributed by atoms with E-state index in [1.807, 2.05) is 6.92 Å². The van der Waals surface area contributed by atoms with E-state index < -0.39 is 0 Å². The number of amides is 1. The van der Waals surface area contributed by atoms with Crippen molar-refractivity contribution in [3.8, 4) is 0 Å². The van der Waals surface area contributed by atoms with Crippen LogP contribution >= 0.6 is 0 Å². The van der Waals surface area contributed by atoms with Crippen molar-refractivity contribution in [2.24, 2.45) is 11.7 Å². The van der Waals surface area contributed by atoms with Crippen molar-refractivity contribution < 1.29 is 4.79 Å². The van der Waals surface area contributed by atoms with Gasteiger partial charge in [-0.25, -0.2) is 0 Å². The molecule has 1 amide bonds. The van der Waals surface area contributed by atoms with Crippen molar-refractivity contribution in [2.45, 2.75) is 71.8 Å². The van der Waals surface area contributed by atoms with Crippen LogP contribution < -0.4 is 11.1 Å². The van der Waals surface area contributed by atoms with Crippen molar-refractivity contribution in [3.05, 3.63) is 0 Å². The Hall–Kier alpha value is -0.570. The molecule has 0 rings (SSSR count). The van der Waals surface area contributed by atoms with Gasteiger partial charge in [-0.15, -0.1) is 0 Å². The van der Waals surface area contributed by atoms with Crippen LogP contribution in [0.2, 0.25) is 0 Å². The zero-order valence-electron chi connectivity index (χ0n) is 11.8. The first-order valence-electron chi connectivity index (χ1n) is 7.11. The lowest BCUT2D eigenvalue weighted by Gasteiger charge is -2.19. The van der Waals surface area contributed by atoms with Crippen LogP contribution in [0.1, 0.15) is 65.7 Å². The third-order valence-corrected chi connectivity index (χ3v) is 3.37. The Bertz CT molecular complexity index is 195. The average Bonchev–Trinajstić information content (AvgIpc) is 2.32. The molecule has 3 nitrogen and oxygen atoms in total. The van der Waals surface area contributed by atoms with Crippen LogP contribution in [0.25, 0.3) is 0 Å². The third kappa shape index (κ3) is 9.16. The maximum Gasteiger partial charge on any atom is 0.220 e. The molecule has 0 radical (unpaired) electrons. The van der Waals surface area contributed by atoms with E-state index in [-0.39, 0.29) is 11.9 Å². The summed E-state index contributed by atoms with van der Waals surface area (Å²) in [5.74, 6) is 0.525. The molecule has 0 aliphatic heterocycles. The Balaban J connectivity index is 3.46. The number of hydrogen-bond acceptors (Lipinski definition) is 2. The zero-order chi connectivity index (χ0) is 13.1. The molecule has 0 fully saturated rings. The van der Waals surface area contributed by atoms with Gasteiger partial charge in [-0.1, -0.05) is 46.0 Å². The maximum absolute atomic E-state index is 11.6. The van der Waals surface area contributed by atoms with E-state index >= 15 is 0 Å². The van der Waals surface area contributed by atoms with E-state index in [2.05, 4.69) is 19.2 Å². The lowest BCUT2D eigenvalue weighted by molar-refractivity contribution is -0.122. The van der Waals surface area contributed by atoms with Gasteiger partial charge >= 0.3 is 0 Å². The molecule has 0 aromatic carbocycles. The zero-order valence-corrected chi connectivity index (χ0v) is 11.8. The summed E-state index contributed by atoms with van der Waals surface area (Å²) in [6, 6.07) is 0.188. The van der Waals surface area contributed by atoms with Gasteiger partial charge in [-0.05, 0) is 25.8 Å². The first-order chi connectivity index (χ1) is 8.11. The second-order valence-corrected chi connectivity index (χ2v) is 5.09. The Morgan fingerprint density at radius 2 is 1.71 bits per heavy atom. The number of carbonyl (C=O) groups excluding carboxylic acids is 1. The van der Waals surface area contributed by atoms with Crippen LogP contribution in [-0.4, -0.2) is 18.5 Å². The first-order valence-corrected chi connectivity index (χ1v) is 7.11. The number of nitrogens with two attached hydrogens (primary N) is 1. The molecule has 0 aliphatic rings. The summed E-state index contributed by atoms with van der Waals surface area (Å²) in [7, 11) is 0. The quantitative estimate of drug-likeness (QED) is 0.579. The molecule has 0 spiro atoms. The van der Waals surface area contributed by atoms with Gasteiger partial charge in [0.25, 0.3) is 0 Å². The molecule has 0 aliphatic carbocycles. The maximum atomic E-state index is 11.6. The summed E-state index contributed by atoms with van der Waals surface area (Å²) < 4.78 is 0. The second kappa shape index (κ2) is 10.6. The summed E-state index contributed by atoms with van der Waals surface area (Å²) in [6.07, 6.45) is 8.00. The predicted octanol–water partition coefficient (Wildman–Crippen LogP) is 2.84. The van der Waals surface area contributed by atoms with Gasteiger partial charge < -0.3 is 11.1 Å². The van der Waals surface area contributed by atoms with Crippen molar-refractivity contribution in [2.75, 3.05) is 6.54 Å². The van der Waals surface area contributed by atoms with Crippen LogP contribution in [-0.2, 0) is 4.79 Å². The Morgan fingerprint density at radius 1 is 1.12 bits per heavy atom. The largest absolute Gasteiger partial charge is 0.353 e. The summed E-state index contributed by atoms with van der Waals surface area (Å²) in [5, 5.41) is 3.01. The highest BCUT2D eigenvalue weighted by Crippen LogP contribution is 2.07. The molecule has 0 saturated heterocycles. The monoisotopic (exact) mass is 242 g/mol. The fourth-order valence-corrected chi connectivity index (χ4v) is 1.74. The van der Waals surface area contributed by atoms with E-state index in [0.717, 1.165) is 6.42 Å². The van der Waals surface area contributed by atoms with E-state index in [0.29, 0.717) is 18.9 Å². The summed E-state index contributed by atoms with van der Waals surface area (Å²) in [4.78, 5) is 11.6. The third-order valence-electron chi connectivity index (χ3n) is 3.37. The number of hydrogen-bond donors (Lipinski definition) is 2. The molecule has 0 aromatic heterocycles. The van der Waals surface area contributed by atoms with Gasteiger partial charge in [0, 0.05) is 12.5 Å². The summed E-state index contributed by atoms with van der Waals surface area (Å²) >= 11 is 0. The van der Waals surface area contributed by atoms with E-state index in [1.54, 1.807) is 0 Å². The average molecular weight is 242 g/mol. The van der Waals surface area contributed by atoms with Crippen LogP contribution in [0.15, 0.2) is 0 Å². The Labute approximate surface area is 107 Å². The highest BCUT2D eigenvalue weighted by molar-refractivity contribution is 5.76. The van der Waals surface area contributed by atoms with Crippen LogP contribution in [0.3, 0.4) is 0 Å². The number of unbranched alkanes of at least 4 members (excludes halogenated alkanes) is 5. The summed E-state index contributed by atoms with van der Waals surface area (Å²) in [5.41, 5.74) is 5.57. The van der Waals surface area contributed by atoms with Gasteiger partial charge in [0.05, 0.1) is 0 Å². The number of carbonyl (C=O) groups is 1. The topological polar surface area (TPSA) is 55.1 Å². The van der Waals surface area contributed by atoms with Gasteiger partial charge in [0.15, 0.2) is 0 Å². The number of nitrogens with one attached hydrogen (secondary N) is 1. The standard InChI is InChI=1S/C14H30N2O/c1-4-5-6-7-8-9-10-14(17)16-13(3)12(2)11-15/h12-13H,4-11,15H2,1-3H3,(H,16,17). The summed E-state index contributed by atoms with van der Waals surface area (Å²) in [6.45, 7) is 6.93. The van der Waals surface area contributed by atoms with E-state index in [1.165, 1.54) is 32.1 Å². The van der Waals surface area contributed by atoms with Gasteiger partial charge in [0.2, 0.25) is 5.91 Å². The van der Waals surface area contributed by atoms with Crippen molar-refractivity contribution in [3.63, 3.8) is 0 Å². The molecule has 3 heteroatoms. The van der Waals surface area contributed by atoms with Crippen LogP contribution in [0.5, 0.6) is 0 Å². The molecule has 2 unspecified atom stereocenters. The molecule has 0 aromatic rings. The SMILES string of the molecule is CCCCCCCCC(=O)NC(C)C(C)CN. The van der Waals surface area contributed by atoms with Gasteiger partial charge in [-0.2, -0.15) is 0 Å². The van der Waals surface area contributed by atoms with E-state index in [9.17, 15) is 4.79 Å². The van der Waals surface area contributed by atoms with Gasteiger partial charge in [0.1, 0.15) is 0 Å². The molecule has 0 saturated carbocycles. The van der Waals surface area contributed by atoms with Crippen molar-refractivity contribution in [1.82, 2.24) is 5.32 Å². The normalized spacial score (nSPS) is 14.4. The second-order valence-electron chi connectivity index (χ2n) is 5.09. The van der Waals surface area contributed by atoms with Crippen LogP contribution in [0, 0.1) is 5.92 Å². The molecular formula is C14H30N2O. The molecule has 102 valence electrons. The Morgan fingerprint density at radius 3 is 2.29 bits per heavy atom. The van der Waals surface area contributed by atoms with Gasteiger partial charge in [-0.3, -0.25) is 4.79 Å². The van der Waals surface area contributed by atoms with Crippen molar-refractivity contribution >= 4 is 5.91 Å². The van der Waals surface area contributed by atoms with Crippen LogP contribution in [0.4, 0.5) is 0 Å². The van der Waals surface area contributed by atoms with E-state index in [4.69, 9.17) is 5.73 Å². The molecular weight excluding hydrogens is 212 g/mol. The van der Waals surface area contributed by atoms with Crippen molar-refractivity contribution in [1.29, 1.82) is 0 Å². The fourth-order valence-electron chi connectivity index (χ4n) is 1.74. The molecule has 2 atom stereocenters. The Kier molecular flexibility index (Phi) is 10.2. The lowest BCUT2D eigenvalue weighted by Crippen LogP contribution is -2.39. The smallest absolute Gasteiger partial charge is 0.220 e. The minimum Gasteiger partial charge on any atom is -0.353 e. The minimum atomic E-state index is 0.174. The molecule has 3 N–H and O–H groups in total. The highest BCUT2D eigenvalue weighted by Gasteiger charge is 2.12. The predicted molar refractivity (Wildman–Crippen MR) is 73.8 cm³/mol. The number of rotatable bonds is 10. The lowest BCUT2D eigenvalue weighted by atomic mass is 10.0.